The molecule has 47 heavy (non-hydrogen) atoms. The molecule has 0 saturated heterocycles. The van der Waals surface area contributed by atoms with Crippen molar-refractivity contribution in [2.75, 3.05) is 0 Å². The van der Waals surface area contributed by atoms with Gasteiger partial charge < -0.3 is 0 Å². The van der Waals surface area contributed by atoms with Crippen LogP contribution in [0, 0.1) is 0 Å². The van der Waals surface area contributed by atoms with Crippen LogP contribution < -0.4 is 0 Å². The molecule has 0 aliphatic rings. The number of para-hydroxylation sites is 1. The Hall–Kier alpha value is -6.53. The van der Waals surface area contributed by atoms with Crippen molar-refractivity contribution in [3.63, 3.8) is 0 Å². The standard InChI is InChI=1S/C41H26N6/c1-4-10-30(11-5-1)39-42-40(31-12-6-2-7-13-31)44-41(43-39)32-21-16-27(17-22-32)33-23-19-28-18-20-29-24-25-36-38(37(29)35(28)26-33)46-47(45-36)34-14-8-3-9-15-34/h1-26H. The Kier molecular flexibility index (Phi) is 6.35. The predicted octanol–water partition coefficient (Wildman–Crippen LogP) is 9.58. The average Bonchev–Trinajstić information content (AvgIpc) is 3.60. The first-order chi connectivity index (χ1) is 23.3. The minimum Gasteiger partial charge on any atom is -0.208 e. The molecule has 0 aliphatic carbocycles. The maximum atomic E-state index is 4.95. The van der Waals surface area contributed by atoms with E-state index in [2.05, 4.69) is 60.7 Å². The van der Waals surface area contributed by atoms with Crippen LogP contribution >= 0.6 is 0 Å². The van der Waals surface area contributed by atoms with Crippen LogP contribution in [0.25, 0.3) is 83.6 Å². The fourth-order valence-electron chi connectivity index (χ4n) is 6.12. The minimum atomic E-state index is 0.637. The van der Waals surface area contributed by atoms with Crippen LogP contribution in [0.2, 0.25) is 0 Å². The molecule has 0 N–H and O–H groups in total. The van der Waals surface area contributed by atoms with Gasteiger partial charge in [-0.2, -0.15) is 4.80 Å². The molecule has 0 unspecified atom stereocenters. The van der Waals surface area contributed by atoms with Crippen LogP contribution in [0.15, 0.2) is 158 Å². The number of rotatable bonds is 5. The average molecular weight is 603 g/mol. The van der Waals surface area contributed by atoms with E-state index in [9.17, 15) is 0 Å². The monoisotopic (exact) mass is 602 g/mol. The zero-order valence-corrected chi connectivity index (χ0v) is 25.2. The minimum absolute atomic E-state index is 0.637. The summed E-state index contributed by atoms with van der Waals surface area (Å²) in [5.41, 5.74) is 7.74. The van der Waals surface area contributed by atoms with Gasteiger partial charge in [0.05, 0.1) is 5.69 Å². The van der Waals surface area contributed by atoms with Gasteiger partial charge >= 0.3 is 0 Å². The van der Waals surface area contributed by atoms with E-state index in [0.29, 0.717) is 17.5 Å². The molecule has 2 heterocycles. The van der Waals surface area contributed by atoms with E-state index in [4.69, 9.17) is 25.1 Å². The van der Waals surface area contributed by atoms with Gasteiger partial charge in [0, 0.05) is 22.1 Å². The molecule has 0 saturated carbocycles. The van der Waals surface area contributed by atoms with Crippen molar-refractivity contribution in [3.8, 4) is 51.0 Å². The Labute approximate surface area is 270 Å². The summed E-state index contributed by atoms with van der Waals surface area (Å²) in [6.07, 6.45) is 0. The third kappa shape index (κ3) is 4.89. The first kappa shape index (κ1) is 26.8. The molecule has 2 aromatic heterocycles. The van der Waals surface area contributed by atoms with Gasteiger partial charge in [-0.3, -0.25) is 0 Å². The van der Waals surface area contributed by atoms with E-state index in [-0.39, 0.29) is 0 Å². The maximum absolute atomic E-state index is 4.95. The van der Waals surface area contributed by atoms with Gasteiger partial charge in [0.15, 0.2) is 17.5 Å². The molecule has 0 radical (unpaired) electrons. The van der Waals surface area contributed by atoms with Gasteiger partial charge in [0.1, 0.15) is 11.0 Å². The van der Waals surface area contributed by atoms with Crippen molar-refractivity contribution < 1.29 is 0 Å². The van der Waals surface area contributed by atoms with Crippen molar-refractivity contribution in [2.45, 2.75) is 0 Å². The lowest BCUT2D eigenvalue weighted by Crippen LogP contribution is -2.00. The molecule has 0 aliphatic heterocycles. The topological polar surface area (TPSA) is 69.4 Å². The second-order valence-corrected chi connectivity index (χ2v) is 11.5. The molecule has 0 spiro atoms. The molecule has 0 fully saturated rings. The fraction of sp³-hybridized carbons (Fsp3) is 0. The first-order valence-electron chi connectivity index (χ1n) is 15.5. The van der Waals surface area contributed by atoms with Crippen LogP contribution in [0.4, 0.5) is 0 Å². The normalized spacial score (nSPS) is 11.4. The maximum Gasteiger partial charge on any atom is 0.164 e. The molecule has 220 valence electrons. The summed E-state index contributed by atoms with van der Waals surface area (Å²) < 4.78 is 0. The van der Waals surface area contributed by atoms with Gasteiger partial charge in [-0.15, -0.1) is 10.2 Å². The van der Waals surface area contributed by atoms with Crippen LogP contribution in [-0.4, -0.2) is 29.9 Å². The highest BCUT2D eigenvalue weighted by molar-refractivity contribution is 6.18. The molecule has 7 aromatic carbocycles. The summed E-state index contributed by atoms with van der Waals surface area (Å²) in [7, 11) is 0. The highest BCUT2D eigenvalue weighted by Crippen LogP contribution is 2.34. The Morgan fingerprint density at radius 2 is 0.872 bits per heavy atom. The molecule has 0 atom stereocenters. The molecule has 6 heteroatoms. The van der Waals surface area contributed by atoms with Crippen LogP contribution in [0.5, 0.6) is 0 Å². The third-order valence-electron chi connectivity index (χ3n) is 8.51. The van der Waals surface area contributed by atoms with Crippen molar-refractivity contribution >= 4 is 32.6 Å². The SMILES string of the molecule is c1ccc(-c2nc(-c3ccccc3)nc(-c3ccc(-c4ccc5ccc6ccc7nn(-c8ccccc8)nc7c6c5c4)cc3)n2)cc1. The number of nitrogens with zero attached hydrogens (tertiary/aromatic N) is 6. The third-order valence-corrected chi connectivity index (χ3v) is 8.51. The number of fused-ring (bicyclic) bond motifs is 5. The quantitative estimate of drug-likeness (QED) is 0.184. The van der Waals surface area contributed by atoms with Gasteiger partial charge in [-0.25, -0.2) is 15.0 Å². The summed E-state index contributed by atoms with van der Waals surface area (Å²) in [6, 6.07) is 53.7. The number of hydrogen-bond donors (Lipinski definition) is 0. The summed E-state index contributed by atoms with van der Waals surface area (Å²) in [4.78, 5) is 16.3. The van der Waals surface area contributed by atoms with Crippen LogP contribution in [0.3, 0.4) is 0 Å². The van der Waals surface area contributed by atoms with E-state index in [1.54, 1.807) is 4.80 Å². The summed E-state index contributed by atoms with van der Waals surface area (Å²) in [5.74, 6) is 1.93. The molecule has 9 aromatic rings. The second-order valence-electron chi connectivity index (χ2n) is 11.5. The lowest BCUT2D eigenvalue weighted by atomic mass is 9.96. The Bertz CT molecular complexity index is 2490. The number of aromatic nitrogens is 6. The fourth-order valence-corrected chi connectivity index (χ4v) is 6.12. The smallest absolute Gasteiger partial charge is 0.164 e. The van der Waals surface area contributed by atoms with Gasteiger partial charge in [0.2, 0.25) is 0 Å². The second kappa shape index (κ2) is 11.1. The molecular weight excluding hydrogens is 576 g/mol. The molecule has 9 rings (SSSR count). The Morgan fingerprint density at radius 3 is 1.51 bits per heavy atom. The number of hydrogen-bond acceptors (Lipinski definition) is 5. The summed E-state index contributed by atoms with van der Waals surface area (Å²) in [5, 5.41) is 14.3. The first-order valence-corrected chi connectivity index (χ1v) is 15.5. The van der Waals surface area contributed by atoms with E-state index >= 15 is 0 Å². The van der Waals surface area contributed by atoms with E-state index < -0.39 is 0 Å². The van der Waals surface area contributed by atoms with Crippen molar-refractivity contribution in [1.82, 2.24) is 29.9 Å². The predicted molar refractivity (Wildman–Crippen MR) is 189 cm³/mol. The lowest BCUT2D eigenvalue weighted by molar-refractivity contribution is 0.766. The highest BCUT2D eigenvalue weighted by atomic mass is 15.5. The molecule has 0 amide bonds. The van der Waals surface area contributed by atoms with Crippen LogP contribution in [0.1, 0.15) is 0 Å². The highest BCUT2D eigenvalue weighted by Gasteiger charge is 2.14. The van der Waals surface area contributed by atoms with Gasteiger partial charge in [-0.1, -0.05) is 133 Å². The van der Waals surface area contributed by atoms with E-state index in [1.165, 1.54) is 0 Å². The summed E-state index contributed by atoms with van der Waals surface area (Å²) in [6.45, 7) is 0. The Balaban J connectivity index is 1.13. The van der Waals surface area contributed by atoms with Crippen molar-refractivity contribution in [1.29, 1.82) is 0 Å². The zero-order chi connectivity index (χ0) is 31.2. The van der Waals surface area contributed by atoms with E-state index in [1.807, 2.05) is 97.1 Å². The van der Waals surface area contributed by atoms with Crippen LogP contribution in [-0.2, 0) is 0 Å². The summed E-state index contributed by atoms with van der Waals surface area (Å²) >= 11 is 0. The number of benzene rings is 7. The largest absolute Gasteiger partial charge is 0.208 e. The Morgan fingerprint density at radius 1 is 0.383 bits per heavy atom. The molecule has 0 bridgehead atoms. The van der Waals surface area contributed by atoms with Crippen molar-refractivity contribution in [2.24, 2.45) is 0 Å². The van der Waals surface area contributed by atoms with E-state index in [0.717, 1.165) is 66.1 Å². The molecular formula is C41H26N6. The van der Waals surface area contributed by atoms with Crippen molar-refractivity contribution in [3.05, 3.63) is 158 Å². The van der Waals surface area contributed by atoms with Gasteiger partial charge in [0.25, 0.3) is 0 Å². The zero-order valence-electron chi connectivity index (χ0n) is 25.2. The molecule has 6 nitrogen and oxygen atoms in total. The van der Waals surface area contributed by atoms with Gasteiger partial charge in [-0.05, 0) is 51.6 Å². The lowest BCUT2D eigenvalue weighted by Gasteiger charge is -2.10.